The van der Waals surface area contributed by atoms with Gasteiger partial charge in [0.25, 0.3) is 0 Å². The predicted octanol–water partition coefficient (Wildman–Crippen LogP) is 2.10. The molecule has 2 rings (SSSR count). The molecule has 2 aromatic rings. The van der Waals surface area contributed by atoms with Gasteiger partial charge in [0.1, 0.15) is 0 Å². The van der Waals surface area contributed by atoms with Crippen LogP contribution < -0.4 is 15.4 Å². The molecule has 0 atom stereocenters. The summed E-state index contributed by atoms with van der Waals surface area (Å²) in [6.07, 6.45) is 4.29. The van der Waals surface area contributed by atoms with Crippen molar-refractivity contribution >= 4 is 11.8 Å². The summed E-state index contributed by atoms with van der Waals surface area (Å²) in [6.45, 7) is -1.08. The molecule has 22 heavy (non-hydrogen) atoms. The summed E-state index contributed by atoms with van der Waals surface area (Å²) in [5, 5.41) is 5.07. The van der Waals surface area contributed by atoms with Gasteiger partial charge in [0, 0.05) is 25.0 Å². The maximum atomic E-state index is 12.1. The van der Waals surface area contributed by atoms with Crippen LogP contribution in [0, 0.1) is 6.92 Å². The van der Waals surface area contributed by atoms with Crippen LogP contribution in [0.1, 0.15) is 11.3 Å². The highest BCUT2D eigenvalue weighted by atomic mass is 19.3. The Labute approximate surface area is 124 Å². The van der Waals surface area contributed by atoms with Crippen molar-refractivity contribution in [1.29, 1.82) is 0 Å². The first kappa shape index (κ1) is 15.5. The number of carbonyl (C=O) groups excluding carboxylic acids is 1. The molecule has 0 spiro atoms. The van der Waals surface area contributed by atoms with E-state index in [0.717, 1.165) is 0 Å². The number of nitrogens with zero attached hydrogens (tertiary/aromatic N) is 3. The molecule has 2 amide bonds. The Bertz CT molecular complexity index is 654. The summed E-state index contributed by atoms with van der Waals surface area (Å²) < 4.78 is 28.4. The zero-order valence-electron chi connectivity index (χ0n) is 11.6. The number of amides is 2. The number of rotatable bonds is 5. The van der Waals surface area contributed by atoms with Gasteiger partial charge in [-0.15, -0.1) is 0 Å². The Kier molecular flexibility index (Phi) is 5.12. The number of hydrogen-bond acceptors (Lipinski definition) is 5. The summed E-state index contributed by atoms with van der Waals surface area (Å²) in [5.41, 5.74) is 1.23. The molecule has 116 valence electrons. The Balaban J connectivity index is 1.88. The van der Waals surface area contributed by atoms with Gasteiger partial charge in [-0.05, 0) is 18.6 Å². The number of alkyl halides is 2. The number of nitrogens with one attached hydrogen (secondary N) is 2. The number of halogens is 2. The fourth-order valence-electron chi connectivity index (χ4n) is 1.58. The lowest BCUT2D eigenvalue weighted by Gasteiger charge is -2.08. The second-order valence-corrected chi connectivity index (χ2v) is 4.23. The van der Waals surface area contributed by atoms with E-state index in [-0.39, 0.29) is 12.4 Å². The molecule has 0 saturated heterocycles. The number of aryl methyl sites for hydroxylation is 1. The van der Waals surface area contributed by atoms with Gasteiger partial charge in [-0.25, -0.2) is 14.8 Å². The van der Waals surface area contributed by atoms with E-state index in [0.29, 0.717) is 17.1 Å². The summed E-state index contributed by atoms with van der Waals surface area (Å²) in [7, 11) is 0. The van der Waals surface area contributed by atoms with Crippen LogP contribution in [-0.2, 0) is 6.54 Å². The summed E-state index contributed by atoms with van der Waals surface area (Å²) >= 11 is 0. The quantitative estimate of drug-likeness (QED) is 0.883. The third kappa shape index (κ3) is 4.93. The van der Waals surface area contributed by atoms with Gasteiger partial charge in [-0.3, -0.25) is 10.3 Å². The molecule has 7 nitrogen and oxygen atoms in total. The lowest BCUT2D eigenvalue weighted by atomic mass is 10.2. The van der Waals surface area contributed by atoms with Crippen molar-refractivity contribution < 1.29 is 18.3 Å². The minimum absolute atomic E-state index is 0.118. The Hall–Kier alpha value is -2.84. The van der Waals surface area contributed by atoms with E-state index in [4.69, 9.17) is 0 Å². The first-order chi connectivity index (χ1) is 10.5. The number of anilines is 1. The second kappa shape index (κ2) is 7.25. The van der Waals surface area contributed by atoms with E-state index in [9.17, 15) is 13.6 Å². The smallest absolute Gasteiger partial charge is 0.388 e. The molecule has 2 aromatic heterocycles. The fourth-order valence-corrected chi connectivity index (χ4v) is 1.58. The predicted molar refractivity (Wildman–Crippen MR) is 73.5 cm³/mol. The third-order valence-corrected chi connectivity index (χ3v) is 2.46. The van der Waals surface area contributed by atoms with Crippen LogP contribution in [0.5, 0.6) is 5.88 Å². The summed E-state index contributed by atoms with van der Waals surface area (Å²) in [6, 6.07) is 2.40. The highest BCUT2D eigenvalue weighted by Gasteiger charge is 2.07. The molecule has 0 aromatic carbocycles. The van der Waals surface area contributed by atoms with E-state index >= 15 is 0 Å². The third-order valence-electron chi connectivity index (χ3n) is 2.46. The van der Waals surface area contributed by atoms with Gasteiger partial charge in [0.05, 0.1) is 11.9 Å². The molecule has 0 radical (unpaired) electrons. The highest BCUT2D eigenvalue weighted by Crippen LogP contribution is 2.12. The average molecular weight is 309 g/mol. The van der Waals surface area contributed by atoms with Crippen LogP contribution in [0.15, 0.2) is 30.7 Å². The number of pyridine rings is 1. The molecule has 0 unspecified atom stereocenters. The van der Waals surface area contributed by atoms with Gasteiger partial charge in [0.15, 0.2) is 5.82 Å². The van der Waals surface area contributed by atoms with Crippen molar-refractivity contribution in [3.8, 4) is 5.88 Å². The first-order valence-electron chi connectivity index (χ1n) is 6.26. The maximum Gasteiger partial charge on any atom is 0.388 e. The molecule has 0 aliphatic rings. The van der Waals surface area contributed by atoms with Crippen LogP contribution in [0.2, 0.25) is 0 Å². The lowest BCUT2D eigenvalue weighted by molar-refractivity contribution is -0.0528. The Morgan fingerprint density at radius 3 is 2.95 bits per heavy atom. The van der Waals surface area contributed by atoms with Gasteiger partial charge < -0.3 is 10.1 Å². The topological polar surface area (TPSA) is 89.0 Å². The minimum atomic E-state index is -2.95. The van der Waals surface area contributed by atoms with Gasteiger partial charge >= 0.3 is 12.6 Å². The zero-order chi connectivity index (χ0) is 15.9. The molecule has 0 fully saturated rings. The normalized spacial score (nSPS) is 10.4. The first-order valence-corrected chi connectivity index (χ1v) is 6.26. The van der Waals surface area contributed by atoms with Gasteiger partial charge in [0.2, 0.25) is 5.88 Å². The molecule has 0 saturated carbocycles. The van der Waals surface area contributed by atoms with Crippen molar-refractivity contribution in [2.45, 2.75) is 20.1 Å². The number of carbonyl (C=O) groups is 1. The number of hydrogen-bond donors (Lipinski definition) is 2. The van der Waals surface area contributed by atoms with E-state index in [1.54, 1.807) is 19.2 Å². The molecule has 2 heterocycles. The van der Waals surface area contributed by atoms with Crippen LogP contribution in [0.25, 0.3) is 0 Å². The molecule has 9 heteroatoms. The summed E-state index contributed by atoms with van der Waals surface area (Å²) in [4.78, 5) is 23.3. The number of ether oxygens (including phenoxy) is 1. The van der Waals surface area contributed by atoms with Crippen LogP contribution in [-0.4, -0.2) is 27.6 Å². The van der Waals surface area contributed by atoms with Crippen molar-refractivity contribution in [2.24, 2.45) is 0 Å². The Morgan fingerprint density at radius 1 is 1.41 bits per heavy atom. The van der Waals surface area contributed by atoms with E-state index in [1.165, 1.54) is 18.5 Å². The van der Waals surface area contributed by atoms with Gasteiger partial charge in [-0.1, -0.05) is 0 Å². The van der Waals surface area contributed by atoms with Crippen molar-refractivity contribution in [3.63, 3.8) is 0 Å². The van der Waals surface area contributed by atoms with Crippen molar-refractivity contribution in [2.75, 3.05) is 5.32 Å². The standard InChI is InChI=1S/C13H13F2N5O2/c1-8-5-16-7-10(19-8)20-13(21)18-6-9-2-3-17-11(4-9)22-12(14)15/h2-5,7,12H,6H2,1H3,(H2,18,19,20,21). The molecular weight excluding hydrogens is 296 g/mol. The minimum Gasteiger partial charge on any atom is -0.417 e. The second-order valence-electron chi connectivity index (χ2n) is 4.23. The maximum absolute atomic E-state index is 12.1. The Morgan fingerprint density at radius 2 is 2.23 bits per heavy atom. The molecule has 0 aliphatic carbocycles. The molecule has 0 bridgehead atoms. The van der Waals surface area contributed by atoms with Crippen LogP contribution in [0.4, 0.5) is 19.4 Å². The van der Waals surface area contributed by atoms with Gasteiger partial charge in [-0.2, -0.15) is 8.78 Å². The van der Waals surface area contributed by atoms with E-state index < -0.39 is 12.6 Å². The highest BCUT2D eigenvalue weighted by molar-refractivity contribution is 5.87. The number of urea groups is 1. The molecule has 0 aliphatic heterocycles. The number of aromatic nitrogens is 3. The largest absolute Gasteiger partial charge is 0.417 e. The molecule has 2 N–H and O–H groups in total. The van der Waals surface area contributed by atoms with Crippen LogP contribution in [0.3, 0.4) is 0 Å². The fraction of sp³-hybridized carbons (Fsp3) is 0.231. The van der Waals surface area contributed by atoms with E-state index in [2.05, 4.69) is 30.3 Å². The SMILES string of the molecule is Cc1cncc(NC(=O)NCc2ccnc(OC(F)F)c2)n1. The van der Waals surface area contributed by atoms with Crippen molar-refractivity contribution in [3.05, 3.63) is 42.0 Å². The summed E-state index contributed by atoms with van der Waals surface area (Å²) in [5.74, 6) is 0.105. The van der Waals surface area contributed by atoms with Crippen LogP contribution >= 0.6 is 0 Å². The zero-order valence-corrected chi connectivity index (χ0v) is 11.6. The van der Waals surface area contributed by atoms with Crippen molar-refractivity contribution in [1.82, 2.24) is 20.3 Å². The van der Waals surface area contributed by atoms with E-state index in [1.807, 2.05) is 0 Å². The lowest BCUT2D eigenvalue weighted by Crippen LogP contribution is -2.28. The molecular formula is C13H13F2N5O2. The monoisotopic (exact) mass is 309 g/mol. The average Bonchev–Trinajstić information content (AvgIpc) is 2.45.